The van der Waals surface area contributed by atoms with Crippen LogP contribution in [0.2, 0.25) is 0 Å². The number of nitrogens with one attached hydrogen (secondary N) is 1. The lowest BCUT2D eigenvalue weighted by Gasteiger charge is -2.27. The van der Waals surface area contributed by atoms with E-state index in [2.05, 4.69) is 62.1 Å². The maximum atomic E-state index is 4.57. The summed E-state index contributed by atoms with van der Waals surface area (Å²) in [5.74, 6) is 1.52. The Kier molecular flexibility index (Phi) is 4.14. The summed E-state index contributed by atoms with van der Waals surface area (Å²) in [5, 5.41) is 3.52. The van der Waals surface area contributed by atoms with Crippen LogP contribution in [0.15, 0.2) is 18.3 Å². The fourth-order valence-corrected chi connectivity index (χ4v) is 2.51. The summed E-state index contributed by atoms with van der Waals surface area (Å²) in [6.45, 7) is 11.4. The number of anilines is 1. The van der Waals surface area contributed by atoms with Crippen molar-refractivity contribution in [2.24, 2.45) is 5.41 Å². The van der Waals surface area contributed by atoms with E-state index in [1.807, 2.05) is 6.20 Å². The lowest BCUT2D eigenvalue weighted by molar-refractivity contribution is 0.339. The summed E-state index contributed by atoms with van der Waals surface area (Å²) in [6, 6.07) is 4.88. The molecule has 1 saturated heterocycles. The van der Waals surface area contributed by atoms with E-state index in [1.165, 1.54) is 18.5 Å². The van der Waals surface area contributed by atoms with Crippen molar-refractivity contribution in [3.63, 3.8) is 0 Å². The molecule has 0 spiro atoms. The van der Waals surface area contributed by atoms with Crippen molar-refractivity contribution in [1.82, 2.24) is 9.88 Å². The Bertz CT molecular complexity index is 405. The Morgan fingerprint density at radius 2 is 2.11 bits per heavy atom. The van der Waals surface area contributed by atoms with E-state index in [9.17, 15) is 0 Å². The largest absolute Gasteiger partial charge is 0.366 e. The highest BCUT2D eigenvalue weighted by molar-refractivity contribution is 5.38. The van der Waals surface area contributed by atoms with Gasteiger partial charge in [-0.3, -0.25) is 0 Å². The lowest BCUT2D eigenvalue weighted by atomic mass is 9.78. The standard InChI is InChI=1S/C16H27N3/c1-12(16(2,3)4)13-6-7-15(17-10-13)18-14-8-9-19(5)11-14/h6-7,10,12,14H,8-9,11H2,1-5H3,(H,17,18)/t12?,14-/m0/s1. The number of likely N-dealkylation sites (tertiary alicyclic amines) is 1. The van der Waals surface area contributed by atoms with Gasteiger partial charge in [0.15, 0.2) is 0 Å². The molecular formula is C16H27N3. The van der Waals surface area contributed by atoms with E-state index < -0.39 is 0 Å². The van der Waals surface area contributed by atoms with E-state index in [4.69, 9.17) is 0 Å². The molecule has 1 aliphatic rings. The highest BCUT2D eigenvalue weighted by Crippen LogP contribution is 2.34. The Morgan fingerprint density at radius 1 is 1.37 bits per heavy atom. The molecule has 0 bridgehead atoms. The van der Waals surface area contributed by atoms with Crippen molar-refractivity contribution in [3.05, 3.63) is 23.9 Å². The molecule has 0 amide bonds. The average Bonchev–Trinajstić information content (AvgIpc) is 2.74. The number of hydrogen-bond donors (Lipinski definition) is 1. The molecule has 19 heavy (non-hydrogen) atoms. The first kappa shape index (κ1) is 14.3. The van der Waals surface area contributed by atoms with Gasteiger partial charge in [0.05, 0.1) is 0 Å². The SMILES string of the molecule is CC(c1ccc(N[C@H]2CCN(C)C2)nc1)C(C)(C)C. The van der Waals surface area contributed by atoms with Crippen LogP contribution in [0.5, 0.6) is 0 Å². The third kappa shape index (κ3) is 3.69. The van der Waals surface area contributed by atoms with E-state index in [1.54, 1.807) is 0 Å². The highest BCUT2D eigenvalue weighted by Gasteiger charge is 2.22. The van der Waals surface area contributed by atoms with E-state index in [0.717, 1.165) is 12.4 Å². The Balaban J connectivity index is 1.98. The molecule has 106 valence electrons. The molecule has 1 aliphatic heterocycles. The number of pyridine rings is 1. The van der Waals surface area contributed by atoms with Crippen LogP contribution in [0, 0.1) is 5.41 Å². The number of rotatable bonds is 3. The van der Waals surface area contributed by atoms with Gasteiger partial charge in [0.1, 0.15) is 5.82 Å². The minimum atomic E-state index is 0.283. The van der Waals surface area contributed by atoms with Crippen LogP contribution < -0.4 is 5.32 Å². The lowest BCUT2D eigenvalue weighted by Crippen LogP contribution is -2.24. The van der Waals surface area contributed by atoms with Crippen LogP contribution in [0.1, 0.15) is 45.6 Å². The molecule has 2 atom stereocenters. The zero-order valence-electron chi connectivity index (χ0n) is 12.9. The first-order valence-electron chi connectivity index (χ1n) is 7.27. The van der Waals surface area contributed by atoms with Gasteiger partial charge < -0.3 is 10.2 Å². The molecular weight excluding hydrogens is 234 g/mol. The molecule has 0 aliphatic carbocycles. The molecule has 0 radical (unpaired) electrons. The number of hydrogen-bond acceptors (Lipinski definition) is 3. The zero-order valence-corrected chi connectivity index (χ0v) is 12.9. The summed E-state index contributed by atoms with van der Waals surface area (Å²) < 4.78 is 0. The summed E-state index contributed by atoms with van der Waals surface area (Å²) >= 11 is 0. The first-order chi connectivity index (χ1) is 8.86. The molecule has 2 rings (SSSR count). The van der Waals surface area contributed by atoms with Gasteiger partial charge in [-0.2, -0.15) is 0 Å². The van der Waals surface area contributed by atoms with Gasteiger partial charge in [0, 0.05) is 18.8 Å². The molecule has 2 heterocycles. The summed E-state index contributed by atoms with van der Waals surface area (Å²) in [7, 11) is 2.17. The van der Waals surface area contributed by atoms with Gasteiger partial charge in [-0.05, 0) is 43.0 Å². The molecule has 3 heteroatoms. The highest BCUT2D eigenvalue weighted by atomic mass is 15.2. The second-order valence-corrected chi connectivity index (χ2v) is 6.96. The van der Waals surface area contributed by atoms with Crippen LogP contribution >= 0.6 is 0 Å². The van der Waals surface area contributed by atoms with E-state index >= 15 is 0 Å². The Hall–Kier alpha value is -1.09. The van der Waals surface area contributed by atoms with Crippen LogP contribution in [0.25, 0.3) is 0 Å². The monoisotopic (exact) mass is 261 g/mol. The topological polar surface area (TPSA) is 28.2 Å². The van der Waals surface area contributed by atoms with Gasteiger partial charge in [-0.25, -0.2) is 4.98 Å². The predicted molar refractivity (Wildman–Crippen MR) is 81.6 cm³/mol. The molecule has 0 saturated carbocycles. The Labute approximate surface area is 117 Å². The Morgan fingerprint density at radius 3 is 2.58 bits per heavy atom. The summed E-state index contributed by atoms with van der Waals surface area (Å²) in [6.07, 6.45) is 3.23. The second-order valence-electron chi connectivity index (χ2n) is 6.96. The zero-order chi connectivity index (χ0) is 14.0. The molecule has 0 aromatic carbocycles. The van der Waals surface area contributed by atoms with Crippen molar-refractivity contribution in [3.8, 4) is 0 Å². The number of aromatic nitrogens is 1. The summed E-state index contributed by atoms with van der Waals surface area (Å²) in [5.41, 5.74) is 1.60. The van der Waals surface area contributed by atoms with Gasteiger partial charge in [0.25, 0.3) is 0 Å². The van der Waals surface area contributed by atoms with Gasteiger partial charge >= 0.3 is 0 Å². The number of nitrogens with zero attached hydrogens (tertiary/aromatic N) is 2. The van der Waals surface area contributed by atoms with Gasteiger partial charge in [0.2, 0.25) is 0 Å². The van der Waals surface area contributed by atoms with Crippen LogP contribution in [0.4, 0.5) is 5.82 Å². The fourth-order valence-electron chi connectivity index (χ4n) is 2.51. The average molecular weight is 261 g/mol. The summed E-state index contributed by atoms with van der Waals surface area (Å²) in [4.78, 5) is 6.93. The maximum Gasteiger partial charge on any atom is 0.126 e. The molecule has 1 aromatic heterocycles. The van der Waals surface area contributed by atoms with Crippen molar-refractivity contribution < 1.29 is 0 Å². The van der Waals surface area contributed by atoms with Gasteiger partial charge in [-0.15, -0.1) is 0 Å². The van der Waals surface area contributed by atoms with Crippen molar-refractivity contribution in [2.45, 2.75) is 46.1 Å². The molecule has 1 fully saturated rings. The molecule has 1 unspecified atom stereocenters. The van der Waals surface area contributed by atoms with E-state index in [-0.39, 0.29) is 5.41 Å². The van der Waals surface area contributed by atoms with Crippen LogP contribution in [-0.4, -0.2) is 36.1 Å². The second kappa shape index (κ2) is 5.49. The quantitative estimate of drug-likeness (QED) is 0.904. The molecule has 3 nitrogen and oxygen atoms in total. The smallest absolute Gasteiger partial charge is 0.126 e. The minimum Gasteiger partial charge on any atom is -0.366 e. The van der Waals surface area contributed by atoms with Crippen LogP contribution in [-0.2, 0) is 0 Å². The normalized spacial score (nSPS) is 22.5. The third-order valence-corrected chi connectivity index (χ3v) is 4.33. The maximum absolute atomic E-state index is 4.57. The van der Waals surface area contributed by atoms with E-state index in [0.29, 0.717) is 12.0 Å². The van der Waals surface area contributed by atoms with Crippen LogP contribution in [0.3, 0.4) is 0 Å². The first-order valence-corrected chi connectivity index (χ1v) is 7.27. The van der Waals surface area contributed by atoms with Crippen molar-refractivity contribution >= 4 is 5.82 Å². The number of likely N-dealkylation sites (N-methyl/N-ethyl adjacent to an activating group) is 1. The third-order valence-electron chi connectivity index (χ3n) is 4.33. The van der Waals surface area contributed by atoms with Crippen molar-refractivity contribution in [1.29, 1.82) is 0 Å². The minimum absolute atomic E-state index is 0.283. The van der Waals surface area contributed by atoms with Crippen molar-refractivity contribution in [2.75, 3.05) is 25.5 Å². The molecule has 1 aromatic rings. The van der Waals surface area contributed by atoms with Gasteiger partial charge in [-0.1, -0.05) is 33.8 Å². The predicted octanol–water partition coefficient (Wildman–Crippen LogP) is 3.35. The molecule has 1 N–H and O–H groups in total. The fraction of sp³-hybridized carbons (Fsp3) is 0.688.